The Morgan fingerprint density at radius 3 is 2.65 bits per heavy atom. The molecule has 2 atom stereocenters. The fourth-order valence-electron chi connectivity index (χ4n) is 2.41. The number of piperidine rings is 1. The highest BCUT2D eigenvalue weighted by Gasteiger charge is 2.18. The van der Waals surface area contributed by atoms with E-state index in [1.54, 1.807) is 0 Å². The number of amides is 2. The molecule has 2 amide bonds. The van der Waals surface area contributed by atoms with Gasteiger partial charge >= 0.3 is 6.03 Å². The third-order valence-corrected chi connectivity index (χ3v) is 3.07. The Kier molecular flexibility index (Phi) is 5.75. The van der Waals surface area contributed by atoms with E-state index in [0.717, 1.165) is 19.0 Å². The third kappa shape index (κ3) is 5.91. The smallest absolute Gasteiger partial charge is 0.315 e. The number of urea groups is 1. The summed E-state index contributed by atoms with van der Waals surface area (Å²) in [7, 11) is 0. The molecule has 17 heavy (non-hydrogen) atoms. The van der Waals surface area contributed by atoms with Gasteiger partial charge in [0.15, 0.2) is 0 Å². The Morgan fingerprint density at radius 2 is 2.06 bits per heavy atom. The molecule has 1 aliphatic rings. The summed E-state index contributed by atoms with van der Waals surface area (Å²) in [4.78, 5) is 14.0. The molecule has 0 aliphatic carbocycles. The first-order valence-corrected chi connectivity index (χ1v) is 6.76. The second kappa shape index (κ2) is 6.84. The van der Waals surface area contributed by atoms with Crippen LogP contribution in [-0.2, 0) is 0 Å². The van der Waals surface area contributed by atoms with E-state index >= 15 is 0 Å². The van der Waals surface area contributed by atoms with Gasteiger partial charge in [-0.3, -0.25) is 0 Å². The largest absolute Gasteiger partial charge is 0.336 e. The van der Waals surface area contributed by atoms with E-state index in [4.69, 9.17) is 0 Å². The van der Waals surface area contributed by atoms with Gasteiger partial charge in [0.05, 0.1) is 0 Å². The van der Waals surface area contributed by atoms with Crippen molar-refractivity contribution in [3.05, 3.63) is 0 Å². The number of nitrogens with one attached hydrogen (secondary N) is 2. The molecular weight excluding hydrogens is 214 g/mol. The van der Waals surface area contributed by atoms with Crippen molar-refractivity contribution in [1.29, 1.82) is 0 Å². The predicted molar refractivity (Wildman–Crippen MR) is 71.1 cm³/mol. The van der Waals surface area contributed by atoms with Crippen molar-refractivity contribution in [2.45, 2.75) is 52.6 Å². The fraction of sp³-hybridized carbons (Fsp3) is 0.923. The van der Waals surface area contributed by atoms with Gasteiger partial charge in [0.25, 0.3) is 0 Å². The zero-order valence-corrected chi connectivity index (χ0v) is 11.6. The van der Waals surface area contributed by atoms with Crippen LogP contribution in [0.3, 0.4) is 0 Å². The lowest BCUT2D eigenvalue weighted by Gasteiger charge is -2.32. The molecule has 1 fully saturated rings. The summed E-state index contributed by atoms with van der Waals surface area (Å²) < 4.78 is 0. The monoisotopic (exact) mass is 241 g/mol. The minimum Gasteiger partial charge on any atom is -0.336 e. The van der Waals surface area contributed by atoms with Crippen LogP contribution in [0, 0.1) is 5.92 Å². The molecule has 0 aromatic heterocycles. The van der Waals surface area contributed by atoms with Crippen molar-refractivity contribution < 1.29 is 4.79 Å². The van der Waals surface area contributed by atoms with Gasteiger partial charge in [0.1, 0.15) is 0 Å². The average molecular weight is 241 g/mol. The maximum atomic E-state index is 11.5. The van der Waals surface area contributed by atoms with E-state index in [2.05, 4.69) is 29.4 Å². The van der Waals surface area contributed by atoms with Gasteiger partial charge in [-0.25, -0.2) is 4.79 Å². The topological polar surface area (TPSA) is 44.4 Å². The van der Waals surface area contributed by atoms with Gasteiger partial charge in [-0.05, 0) is 46.1 Å². The van der Waals surface area contributed by atoms with E-state index in [1.165, 1.54) is 19.4 Å². The summed E-state index contributed by atoms with van der Waals surface area (Å²) in [6.45, 7) is 11.6. The van der Waals surface area contributed by atoms with Crippen LogP contribution in [0.2, 0.25) is 0 Å². The number of hydrogen-bond acceptors (Lipinski definition) is 2. The molecule has 2 unspecified atom stereocenters. The molecule has 0 aromatic carbocycles. The normalized spacial score (nSPS) is 23.5. The molecule has 4 nitrogen and oxygen atoms in total. The molecule has 0 aromatic rings. The summed E-state index contributed by atoms with van der Waals surface area (Å²) >= 11 is 0. The van der Waals surface area contributed by atoms with Crippen molar-refractivity contribution in [1.82, 2.24) is 15.5 Å². The molecule has 1 heterocycles. The highest BCUT2D eigenvalue weighted by molar-refractivity contribution is 5.74. The number of nitrogens with zero attached hydrogens (tertiary/aromatic N) is 1. The maximum Gasteiger partial charge on any atom is 0.315 e. The van der Waals surface area contributed by atoms with E-state index in [1.807, 2.05) is 13.8 Å². The molecule has 0 bridgehead atoms. The first-order chi connectivity index (χ1) is 7.97. The van der Waals surface area contributed by atoms with Gasteiger partial charge in [-0.1, -0.05) is 6.92 Å². The van der Waals surface area contributed by atoms with Crippen LogP contribution in [-0.4, -0.2) is 42.6 Å². The minimum absolute atomic E-state index is 0.0578. The standard InChI is InChI=1S/C13H27N3O/c1-10(2)14-13(17)15-12(4)9-16-7-5-6-11(3)8-16/h10-12H,5-9H2,1-4H3,(H2,14,15,17). The number of hydrogen-bond donors (Lipinski definition) is 2. The number of carbonyl (C=O) groups is 1. The molecular formula is C13H27N3O. The molecule has 2 N–H and O–H groups in total. The van der Waals surface area contributed by atoms with Gasteiger partial charge in [-0.2, -0.15) is 0 Å². The van der Waals surface area contributed by atoms with Crippen LogP contribution in [0.25, 0.3) is 0 Å². The SMILES string of the molecule is CC1CCCN(CC(C)NC(=O)NC(C)C)C1. The van der Waals surface area contributed by atoms with Crippen LogP contribution < -0.4 is 10.6 Å². The van der Waals surface area contributed by atoms with Gasteiger partial charge in [0, 0.05) is 25.2 Å². The Hall–Kier alpha value is -0.770. The van der Waals surface area contributed by atoms with Crippen molar-refractivity contribution >= 4 is 6.03 Å². The Balaban J connectivity index is 2.24. The summed E-state index contributed by atoms with van der Waals surface area (Å²) in [6, 6.07) is 0.341. The Morgan fingerprint density at radius 1 is 1.35 bits per heavy atom. The second-order valence-electron chi connectivity index (χ2n) is 5.68. The van der Waals surface area contributed by atoms with E-state index < -0.39 is 0 Å². The minimum atomic E-state index is -0.0578. The van der Waals surface area contributed by atoms with Crippen LogP contribution in [0.5, 0.6) is 0 Å². The van der Waals surface area contributed by atoms with Gasteiger partial charge in [-0.15, -0.1) is 0 Å². The van der Waals surface area contributed by atoms with Crippen LogP contribution in [0.15, 0.2) is 0 Å². The van der Waals surface area contributed by atoms with E-state index in [9.17, 15) is 4.79 Å². The van der Waals surface area contributed by atoms with Gasteiger partial charge in [0.2, 0.25) is 0 Å². The van der Waals surface area contributed by atoms with Gasteiger partial charge < -0.3 is 15.5 Å². The van der Waals surface area contributed by atoms with Crippen LogP contribution in [0.4, 0.5) is 4.79 Å². The van der Waals surface area contributed by atoms with E-state index in [0.29, 0.717) is 0 Å². The fourth-order valence-corrected chi connectivity index (χ4v) is 2.41. The number of carbonyl (C=O) groups excluding carboxylic acids is 1. The molecule has 1 aliphatic heterocycles. The number of likely N-dealkylation sites (tertiary alicyclic amines) is 1. The third-order valence-electron chi connectivity index (χ3n) is 3.07. The average Bonchev–Trinajstić information content (AvgIpc) is 2.14. The maximum absolute atomic E-state index is 11.5. The predicted octanol–water partition coefficient (Wildman–Crippen LogP) is 1.81. The first kappa shape index (κ1) is 14.3. The lowest BCUT2D eigenvalue weighted by atomic mass is 10.00. The molecule has 0 radical (unpaired) electrons. The zero-order valence-electron chi connectivity index (χ0n) is 11.6. The van der Waals surface area contributed by atoms with Crippen molar-refractivity contribution in [2.24, 2.45) is 5.92 Å². The van der Waals surface area contributed by atoms with E-state index in [-0.39, 0.29) is 18.1 Å². The highest BCUT2D eigenvalue weighted by atomic mass is 16.2. The lowest BCUT2D eigenvalue weighted by molar-refractivity contribution is 0.169. The summed E-state index contributed by atoms with van der Waals surface area (Å²) in [5.41, 5.74) is 0. The molecule has 0 saturated carbocycles. The number of rotatable bonds is 4. The molecule has 1 rings (SSSR count). The van der Waals surface area contributed by atoms with Crippen molar-refractivity contribution in [3.8, 4) is 0 Å². The highest BCUT2D eigenvalue weighted by Crippen LogP contribution is 2.15. The van der Waals surface area contributed by atoms with Crippen LogP contribution in [0.1, 0.15) is 40.5 Å². The van der Waals surface area contributed by atoms with Crippen molar-refractivity contribution in [2.75, 3.05) is 19.6 Å². The quantitative estimate of drug-likeness (QED) is 0.788. The second-order valence-corrected chi connectivity index (χ2v) is 5.68. The molecule has 1 saturated heterocycles. The molecule has 0 spiro atoms. The Labute approximate surface area is 105 Å². The lowest BCUT2D eigenvalue weighted by Crippen LogP contribution is -2.49. The summed E-state index contributed by atoms with van der Waals surface area (Å²) in [5, 5.41) is 5.83. The van der Waals surface area contributed by atoms with Crippen molar-refractivity contribution in [3.63, 3.8) is 0 Å². The summed E-state index contributed by atoms with van der Waals surface area (Å²) in [6.07, 6.45) is 2.62. The summed E-state index contributed by atoms with van der Waals surface area (Å²) in [5.74, 6) is 0.792. The Bertz CT molecular complexity index is 243. The molecule has 4 heteroatoms. The van der Waals surface area contributed by atoms with Crippen LogP contribution >= 0.6 is 0 Å². The molecule has 100 valence electrons. The zero-order chi connectivity index (χ0) is 12.8. The first-order valence-electron chi connectivity index (χ1n) is 6.76.